The summed E-state index contributed by atoms with van der Waals surface area (Å²) in [5.74, 6) is 2.83. The average Bonchev–Trinajstić information content (AvgIpc) is 3.54. The Morgan fingerprint density at radius 3 is 2.76 bits per heavy atom. The maximum atomic E-state index is 11.2. The van der Waals surface area contributed by atoms with Crippen LogP contribution in [0.3, 0.4) is 0 Å². The van der Waals surface area contributed by atoms with Gasteiger partial charge in [0.25, 0.3) is 0 Å². The van der Waals surface area contributed by atoms with Crippen molar-refractivity contribution in [1.29, 1.82) is 0 Å². The summed E-state index contributed by atoms with van der Waals surface area (Å²) in [6.45, 7) is 1.97. The van der Waals surface area contributed by atoms with Gasteiger partial charge in [-0.1, -0.05) is 6.42 Å². The van der Waals surface area contributed by atoms with Gasteiger partial charge in [-0.15, -0.1) is 11.3 Å². The summed E-state index contributed by atoms with van der Waals surface area (Å²) in [7, 11) is 1.93. The molecule has 2 unspecified atom stereocenters. The third-order valence-electron chi connectivity index (χ3n) is 6.99. The summed E-state index contributed by atoms with van der Waals surface area (Å²) >= 11 is 1.62. The summed E-state index contributed by atoms with van der Waals surface area (Å²) in [6.07, 6.45) is 8.17. The fraction of sp³-hybridized carbons (Fsp3) is 0.478. The smallest absolute Gasteiger partial charge is 0.225 e. The Morgan fingerprint density at radius 1 is 1.24 bits per heavy atom. The number of H-pyrrole nitrogens is 1. The number of anilines is 3. The van der Waals surface area contributed by atoms with E-state index in [2.05, 4.69) is 30.7 Å². The van der Waals surface area contributed by atoms with E-state index in [4.69, 9.17) is 9.97 Å². The molecular weight excluding hydrogens is 450 g/mol. The highest BCUT2D eigenvalue weighted by Gasteiger charge is 2.42. The highest BCUT2D eigenvalue weighted by atomic mass is 32.1. The van der Waals surface area contributed by atoms with Crippen molar-refractivity contribution in [2.24, 2.45) is 7.05 Å². The third-order valence-corrected chi connectivity index (χ3v) is 7.90. The minimum absolute atomic E-state index is 0.247. The van der Waals surface area contributed by atoms with Gasteiger partial charge in [-0.25, -0.2) is 9.97 Å². The lowest BCUT2D eigenvalue weighted by atomic mass is 9.81. The molecule has 6 heterocycles. The summed E-state index contributed by atoms with van der Waals surface area (Å²) in [4.78, 5) is 16.3. The van der Waals surface area contributed by atoms with Crippen LogP contribution in [0.25, 0.3) is 10.2 Å². The van der Waals surface area contributed by atoms with E-state index in [1.54, 1.807) is 17.5 Å². The van der Waals surface area contributed by atoms with Crippen LogP contribution in [0, 0.1) is 6.92 Å². The monoisotopic (exact) mass is 479 g/mol. The van der Waals surface area contributed by atoms with Crippen LogP contribution in [0.15, 0.2) is 29.9 Å². The van der Waals surface area contributed by atoms with E-state index in [0.29, 0.717) is 23.9 Å². The largest absolute Gasteiger partial charge is 0.371 e. The van der Waals surface area contributed by atoms with Crippen molar-refractivity contribution in [3.8, 4) is 0 Å². The Balaban J connectivity index is 1.22. The zero-order valence-corrected chi connectivity index (χ0v) is 20.1. The molecule has 4 aromatic heterocycles. The Bertz CT molecular complexity index is 1280. The van der Waals surface area contributed by atoms with Crippen LogP contribution in [0.2, 0.25) is 0 Å². The van der Waals surface area contributed by atoms with Gasteiger partial charge >= 0.3 is 0 Å². The van der Waals surface area contributed by atoms with Crippen molar-refractivity contribution in [3.05, 3.63) is 41.4 Å². The van der Waals surface area contributed by atoms with Gasteiger partial charge < -0.3 is 20.3 Å². The van der Waals surface area contributed by atoms with Gasteiger partial charge in [-0.3, -0.25) is 10.00 Å². The Labute approximate surface area is 201 Å². The Kier molecular flexibility index (Phi) is 5.47. The molecule has 0 amide bonds. The first-order valence-electron chi connectivity index (χ1n) is 11.8. The molecule has 0 radical (unpaired) electrons. The predicted octanol–water partition coefficient (Wildman–Crippen LogP) is 3.69. The second-order valence-electron chi connectivity index (χ2n) is 9.36. The highest BCUT2D eigenvalue weighted by Crippen LogP contribution is 2.39. The van der Waals surface area contributed by atoms with Crippen molar-refractivity contribution < 1.29 is 5.11 Å². The summed E-state index contributed by atoms with van der Waals surface area (Å²) in [6, 6.07) is 4.82. The number of aromatic nitrogens is 6. The molecule has 4 atom stereocenters. The van der Waals surface area contributed by atoms with Crippen molar-refractivity contribution in [2.75, 3.05) is 10.6 Å². The fourth-order valence-electron chi connectivity index (χ4n) is 5.49. The highest BCUT2D eigenvalue weighted by molar-refractivity contribution is 7.17. The Morgan fingerprint density at radius 2 is 2.06 bits per heavy atom. The van der Waals surface area contributed by atoms with Gasteiger partial charge in [0.1, 0.15) is 0 Å². The standard InChI is InChI=1S/C23H29N9OS/c1-13-10-18(30-29-13)27-20-19-17(6-9-34-19)26-23(28-20)25-14-11-15-4-3-5-16(12-14)32(15)22(33)21-24-7-8-31(21)2/h6-10,14-16,22,33H,3-5,11-12H2,1-2H3,(H3,25,26,27,28,29,30)/t14?,15-,16+,22?. The van der Waals surface area contributed by atoms with Gasteiger partial charge in [0.05, 0.1) is 10.2 Å². The van der Waals surface area contributed by atoms with Crippen molar-refractivity contribution in [1.82, 2.24) is 34.6 Å². The first-order valence-corrected chi connectivity index (χ1v) is 12.7. The number of aromatic amines is 1. The molecule has 2 aliphatic heterocycles. The number of aryl methyl sites for hydroxylation is 2. The van der Waals surface area contributed by atoms with Crippen LogP contribution in [-0.4, -0.2) is 57.8 Å². The third kappa shape index (κ3) is 3.93. The molecule has 0 saturated carbocycles. The van der Waals surface area contributed by atoms with E-state index in [1.807, 2.05) is 42.2 Å². The number of fused-ring (bicyclic) bond motifs is 3. The van der Waals surface area contributed by atoms with E-state index in [1.165, 1.54) is 6.42 Å². The molecule has 6 rings (SSSR count). The number of hydrogen-bond acceptors (Lipinski definition) is 9. The molecule has 0 spiro atoms. The van der Waals surface area contributed by atoms with Crippen molar-refractivity contribution >= 4 is 39.1 Å². The molecule has 0 aromatic carbocycles. The maximum absolute atomic E-state index is 11.2. The number of nitrogens with zero attached hydrogens (tertiary/aromatic N) is 6. The van der Waals surface area contributed by atoms with E-state index in [-0.39, 0.29) is 6.04 Å². The molecule has 2 saturated heterocycles. The molecule has 2 aliphatic rings. The quantitative estimate of drug-likeness (QED) is 0.331. The molecule has 34 heavy (non-hydrogen) atoms. The van der Waals surface area contributed by atoms with E-state index >= 15 is 0 Å². The van der Waals surface area contributed by atoms with Crippen molar-refractivity contribution in [2.45, 2.75) is 63.4 Å². The molecule has 10 nitrogen and oxygen atoms in total. The SMILES string of the molecule is Cc1cc(Nc2nc(NC3C[C@H]4CCC[C@@H](C3)N4C(O)c3nccn3C)nc3ccsc23)n[nH]1. The molecule has 0 aliphatic carbocycles. The average molecular weight is 480 g/mol. The van der Waals surface area contributed by atoms with Crippen molar-refractivity contribution in [3.63, 3.8) is 0 Å². The van der Waals surface area contributed by atoms with E-state index in [9.17, 15) is 5.11 Å². The van der Waals surface area contributed by atoms with Crippen LogP contribution in [0.4, 0.5) is 17.6 Å². The van der Waals surface area contributed by atoms with Crippen LogP contribution in [0.5, 0.6) is 0 Å². The normalized spacial score (nSPS) is 23.8. The zero-order valence-electron chi connectivity index (χ0n) is 19.3. The number of rotatable bonds is 6. The minimum atomic E-state index is -0.678. The number of aliphatic hydroxyl groups excluding tert-OH is 1. The number of imidazole rings is 1. The lowest BCUT2D eigenvalue weighted by Crippen LogP contribution is -2.56. The molecule has 2 fully saturated rings. The van der Waals surface area contributed by atoms with E-state index < -0.39 is 6.23 Å². The molecule has 178 valence electrons. The van der Waals surface area contributed by atoms with Crippen LogP contribution >= 0.6 is 11.3 Å². The zero-order chi connectivity index (χ0) is 23.2. The second kappa shape index (κ2) is 8.64. The number of hydrogen-bond donors (Lipinski definition) is 4. The van der Waals surface area contributed by atoms with E-state index in [0.717, 1.165) is 53.2 Å². The first kappa shape index (κ1) is 21.5. The van der Waals surface area contributed by atoms with Gasteiger partial charge in [0.2, 0.25) is 5.95 Å². The maximum Gasteiger partial charge on any atom is 0.225 e. The van der Waals surface area contributed by atoms with Crippen LogP contribution < -0.4 is 10.6 Å². The van der Waals surface area contributed by atoms with Gasteiger partial charge in [-0.2, -0.15) is 10.1 Å². The summed E-state index contributed by atoms with van der Waals surface area (Å²) in [5, 5.41) is 27.4. The molecule has 4 aromatic rings. The van der Waals surface area contributed by atoms with Gasteiger partial charge in [-0.05, 0) is 44.1 Å². The summed E-state index contributed by atoms with van der Waals surface area (Å²) < 4.78 is 2.92. The number of piperidine rings is 2. The fourth-order valence-corrected chi connectivity index (χ4v) is 6.27. The number of thiophene rings is 1. The van der Waals surface area contributed by atoms with Crippen LogP contribution in [0.1, 0.15) is 49.9 Å². The lowest BCUT2D eigenvalue weighted by molar-refractivity contribution is -0.102. The lowest BCUT2D eigenvalue weighted by Gasteiger charge is -2.50. The second-order valence-corrected chi connectivity index (χ2v) is 10.3. The van der Waals surface area contributed by atoms with Gasteiger partial charge in [0, 0.05) is 49.3 Å². The number of aliphatic hydroxyl groups is 1. The minimum Gasteiger partial charge on any atom is -0.371 e. The predicted molar refractivity (Wildman–Crippen MR) is 132 cm³/mol. The van der Waals surface area contributed by atoms with Crippen LogP contribution in [-0.2, 0) is 7.05 Å². The first-order chi connectivity index (χ1) is 16.5. The molecule has 4 N–H and O–H groups in total. The topological polar surface area (TPSA) is 120 Å². The molecular formula is C23H29N9OS. The molecule has 2 bridgehead atoms. The number of nitrogens with one attached hydrogen (secondary N) is 3. The van der Waals surface area contributed by atoms with Gasteiger partial charge in [0.15, 0.2) is 23.7 Å². The Hall–Kier alpha value is -3.02. The summed E-state index contributed by atoms with van der Waals surface area (Å²) in [5.41, 5.74) is 1.91. The molecule has 11 heteroatoms.